The molecular weight excluding hydrogens is 234 g/mol. The second kappa shape index (κ2) is 6.27. The van der Waals surface area contributed by atoms with E-state index in [2.05, 4.69) is 25.8 Å². The highest BCUT2D eigenvalue weighted by Crippen LogP contribution is 2.28. The topological polar surface area (TPSA) is 23.5 Å². The molecule has 96 valence electrons. The Bertz CT molecular complexity index is 361. The Kier molecular flexibility index (Phi) is 5.29. The lowest BCUT2D eigenvalue weighted by Crippen LogP contribution is -2.30. The fourth-order valence-corrected chi connectivity index (χ4v) is 2.45. The number of aliphatic hydroxyl groups excluding tert-OH is 1. The van der Waals surface area contributed by atoms with Gasteiger partial charge in [-0.25, -0.2) is 0 Å². The smallest absolute Gasteiger partial charge is 0.0776 e. The molecule has 1 aromatic carbocycles. The van der Waals surface area contributed by atoms with Crippen LogP contribution in [0.5, 0.6) is 0 Å². The first kappa shape index (κ1) is 14.3. The first-order valence-electron chi connectivity index (χ1n) is 6.21. The molecule has 0 aliphatic heterocycles. The van der Waals surface area contributed by atoms with Crippen LogP contribution in [-0.4, -0.2) is 18.2 Å². The third-order valence-electron chi connectivity index (χ3n) is 3.33. The van der Waals surface area contributed by atoms with Gasteiger partial charge in [0.15, 0.2) is 0 Å². The Morgan fingerprint density at radius 2 is 1.88 bits per heavy atom. The van der Waals surface area contributed by atoms with Crippen LogP contribution in [0, 0.1) is 0 Å². The number of aliphatic hydroxyl groups is 1. The van der Waals surface area contributed by atoms with Crippen molar-refractivity contribution < 1.29 is 5.11 Å². The molecule has 0 saturated heterocycles. The molecular formula is C14H22ClNO. The number of rotatable bonds is 5. The van der Waals surface area contributed by atoms with Crippen LogP contribution in [0.15, 0.2) is 18.2 Å². The molecule has 3 heteroatoms. The van der Waals surface area contributed by atoms with Crippen molar-refractivity contribution in [1.82, 2.24) is 0 Å². The number of halogens is 1. The second-order valence-electron chi connectivity index (χ2n) is 4.46. The maximum absolute atomic E-state index is 9.54. The van der Waals surface area contributed by atoms with Gasteiger partial charge in [0.2, 0.25) is 0 Å². The van der Waals surface area contributed by atoms with Crippen molar-refractivity contribution in [2.24, 2.45) is 0 Å². The normalized spacial score (nSPS) is 12.9. The van der Waals surface area contributed by atoms with Crippen molar-refractivity contribution in [3.8, 4) is 0 Å². The summed E-state index contributed by atoms with van der Waals surface area (Å²) in [5.41, 5.74) is 1.89. The van der Waals surface area contributed by atoms with E-state index < -0.39 is 6.10 Å². The molecule has 1 atom stereocenters. The zero-order valence-electron chi connectivity index (χ0n) is 11.1. The van der Waals surface area contributed by atoms with Crippen LogP contribution < -0.4 is 4.90 Å². The van der Waals surface area contributed by atoms with Crippen molar-refractivity contribution in [1.29, 1.82) is 0 Å². The van der Waals surface area contributed by atoms with Crippen molar-refractivity contribution in [3.63, 3.8) is 0 Å². The zero-order valence-corrected chi connectivity index (χ0v) is 11.8. The van der Waals surface area contributed by atoms with E-state index >= 15 is 0 Å². The standard InChI is InChI=1S/C14H22ClNO/c1-5-11(6-2)16(4)12-7-8-13(10(3)17)14(15)9-12/h7-11,17H,5-6H2,1-4H3. The summed E-state index contributed by atoms with van der Waals surface area (Å²) in [7, 11) is 2.09. The van der Waals surface area contributed by atoms with Crippen molar-refractivity contribution in [2.75, 3.05) is 11.9 Å². The van der Waals surface area contributed by atoms with Gasteiger partial charge in [-0.2, -0.15) is 0 Å². The summed E-state index contributed by atoms with van der Waals surface area (Å²) in [6.45, 7) is 6.11. The summed E-state index contributed by atoms with van der Waals surface area (Å²) in [6, 6.07) is 6.39. The lowest BCUT2D eigenvalue weighted by molar-refractivity contribution is 0.199. The summed E-state index contributed by atoms with van der Waals surface area (Å²) in [4.78, 5) is 2.25. The summed E-state index contributed by atoms with van der Waals surface area (Å²) < 4.78 is 0. The Morgan fingerprint density at radius 3 is 2.29 bits per heavy atom. The Morgan fingerprint density at radius 1 is 1.29 bits per heavy atom. The predicted octanol–water partition coefficient (Wildman–Crippen LogP) is 4.02. The molecule has 0 heterocycles. The average molecular weight is 256 g/mol. The largest absolute Gasteiger partial charge is 0.389 e. The average Bonchev–Trinajstić information content (AvgIpc) is 2.29. The fourth-order valence-electron chi connectivity index (χ4n) is 2.12. The highest BCUT2D eigenvalue weighted by molar-refractivity contribution is 6.31. The SMILES string of the molecule is CCC(CC)N(C)c1ccc(C(C)O)c(Cl)c1. The maximum atomic E-state index is 9.54. The molecule has 0 fully saturated rings. The molecule has 0 bridgehead atoms. The van der Waals surface area contributed by atoms with Crippen LogP contribution in [0.3, 0.4) is 0 Å². The Labute approximate surface area is 109 Å². The van der Waals surface area contributed by atoms with E-state index in [0.717, 1.165) is 24.1 Å². The highest BCUT2D eigenvalue weighted by Gasteiger charge is 2.13. The van der Waals surface area contributed by atoms with Gasteiger partial charge in [-0.15, -0.1) is 0 Å². The van der Waals surface area contributed by atoms with Gasteiger partial charge < -0.3 is 10.0 Å². The first-order valence-corrected chi connectivity index (χ1v) is 6.59. The lowest BCUT2D eigenvalue weighted by Gasteiger charge is -2.29. The minimum absolute atomic E-state index is 0.519. The third-order valence-corrected chi connectivity index (χ3v) is 3.66. The molecule has 2 nitrogen and oxygen atoms in total. The van der Waals surface area contributed by atoms with Gasteiger partial charge >= 0.3 is 0 Å². The van der Waals surface area contributed by atoms with Crippen LogP contribution in [0.1, 0.15) is 45.3 Å². The van der Waals surface area contributed by atoms with Gasteiger partial charge in [0.1, 0.15) is 0 Å². The number of benzene rings is 1. The van der Waals surface area contributed by atoms with E-state index in [1.54, 1.807) is 6.92 Å². The van der Waals surface area contributed by atoms with E-state index in [1.807, 2.05) is 18.2 Å². The molecule has 0 saturated carbocycles. The Hall–Kier alpha value is -0.730. The molecule has 0 aliphatic rings. The second-order valence-corrected chi connectivity index (χ2v) is 4.87. The number of anilines is 1. The van der Waals surface area contributed by atoms with Crippen LogP contribution in [0.25, 0.3) is 0 Å². The quantitative estimate of drug-likeness (QED) is 0.859. The van der Waals surface area contributed by atoms with Gasteiger partial charge in [0, 0.05) is 23.8 Å². The highest BCUT2D eigenvalue weighted by atomic mass is 35.5. The van der Waals surface area contributed by atoms with Crippen molar-refractivity contribution in [3.05, 3.63) is 28.8 Å². The monoisotopic (exact) mass is 255 g/mol. The van der Waals surface area contributed by atoms with E-state index in [9.17, 15) is 5.11 Å². The molecule has 0 aromatic heterocycles. The molecule has 1 rings (SSSR count). The van der Waals surface area contributed by atoms with Crippen LogP contribution in [-0.2, 0) is 0 Å². The molecule has 17 heavy (non-hydrogen) atoms. The van der Waals surface area contributed by atoms with E-state index in [0.29, 0.717) is 11.1 Å². The van der Waals surface area contributed by atoms with Gasteiger partial charge in [0.25, 0.3) is 0 Å². The minimum Gasteiger partial charge on any atom is -0.389 e. The minimum atomic E-state index is -0.519. The van der Waals surface area contributed by atoms with Crippen LogP contribution >= 0.6 is 11.6 Å². The number of hydrogen-bond donors (Lipinski definition) is 1. The summed E-state index contributed by atoms with van der Waals surface area (Å²) in [5, 5.41) is 10.2. The lowest BCUT2D eigenvalue weighted by atomic mass is 10.1. The molecule has 1 unspecified atom stereocenters. The molecule has 0 radical (unpaired) electrons. The van der Waals surface area contributed by atoms with Crippen molar-refractivity contribution in [2.45, 2.75) is 45.8 Å². The molecule has 1 aromatic rings. The third kappa shape index (κ3) is 3.36. The van der Waals surface area contributed by atoms with E-state index in [1.165, 1.54) is 0 Å². The molecule has 0 spiro atoms. The van der Waals surface area contributed by atoms with Gasteiger partial charge in [-0.1, -0.05) is 31.5 Å². The fraction of sp³-hybridized carbons (Fsp3) is 0.571. The van der Waals surface area contributed by atoms with Crippen LogP contribution in [0.2, 0.25) is 5.02 Å². The zero-order chi connectivity index (χ0) is 13.0. The van der Waals surface area contributed by atoms with Crippen molar-refractivity contribution >= 4 is 17.3 Å². The van der Waals surface area contributed by atoms with Gasteiger partial charge in [-0.05, 0) is 37.5 Å². The number of nitrogens with zero attached hydrogens (tertiary/aromatic N) is 1. The van der Waals surface area contributed by atoms with E-state index in [4.69, 9.17) is 11.6 Å². The summed E-state index contributed by atoms with van der Waals surface area (Å²) >= 11 is 6.17. The first-order chi connectivity index (χ1) is 8.01. The molecule has 0 amide bonds. The molecule has 1 N–H and O–H groups in total. The van der Waals surface area contributed by atoms with E-state index in [-0.39, 0.29) is 0 Å². The Balaban J connectivity index is 2.96. The predicted molar refractivity (Wildman–Crippen MR) is 74.9 cm³/mol. The maximum Gasteiger partial charge on any atom is 0.0776 e. The van der Waals surface area contributed by atoms with Crippen LogP contribution in [0.4, 0.5) is 5.69 Å². The molecule has 0 aliphatic carbocycles. The summed E-state index contributed by atoms with van der Waals surface area (Å²) in [6.07, 6.45) is 1.71. The number of hydrogen-bond acceptors (Lipinski definition) is 2. The van der Waals surface area contributed by atoms with Gasteiger partial charge in [0.05, 0.1) is 6.10 Å². The van der Waals surface area contributed by atoms with Gasteiger partial charge in [-0.3, -0.25) is 0 Å². The summed E-state index contributed by atoms with van der Waals surface area (Å²) in [5.74, 6) is 0.